The molecule has 0 amide bonds. The van der Waals surface area contributed by atoms with Crippen molar-refractivity contribution >= 4 is 27.1 Å². The first-order valence-corrected chi connectivity index (χ1v) is 7.71. The minimum atomic E-state index is -3.92. The third-order valence-corrected chi connectivity index (χ3v) is 3.25. The van der Waals surface area contributed by atoms with Crippen LogP contribution in [0.1, 0.15) is 13.8 Å². The van der Waals surface area contributed by atoms with Crippen LogP contribution in [-0.2, 0) is 14.8 Å². The van der Waals surface area contributed by atoms with Gasteiger partial charge in [-0.3, -0.25) is 0 Å². The van der Waals surface area contributed by atoms with Gasteiger partial charge in [-0.2, -0.15) is 0 Å². The molecule has 2 N–H and O–H groups in total. The van der Waals surface area contributed by atoms with Crippen molar-refractivity contribution in [2.75, 3.05) is 6.61 Å². The zero-order valence-corrected chi connectivity index (χ0v) is 12.3. The summed E-state index contributed by atoms with van der Waals surface area (Å²) in [6, 6.07) is 5.74. The molecule has 8 heteroatoms. The lowest BCUT2D eigenvalue weighted by Crippen LogP contribution is -2.14. The molecule has 0 radical (unpaired) electrons. The van der Waals surface area contributed by atoms with Crippen molar-refractivity contribution in [3.63, 3.8) is 0 Å². The molecule has 0 aliphatic carbocycles. The summed E-state index contributed by atoms with van der Waals surface area (Å²) in [5.41, 5.74) is 0.244. The second kappa shape index (κ2) is 5.74. The Morgan fingerprint density at radius 3 is 2.67 bits per heavy atom. The number of ether oxygens (including phenoxy) is 2. The molecule has 1 aromatic carbocycles. The highest BCUT2D eigenvalue weighted by Gasteiger charge is 2.15. The Labute approximate surface area is 121 Å². The molecule has 0 spiro atoms. The van der Waals surface area contributed by atoms with Gasteiger partial charge in [-0.15, -0.1) is 0 Å². The quantitative estimate of drug-likeness (QED) is 0.685. The Hall–Kier alpha value is -2.06. The van der Waals surface area contributed by atoms with Crippen molar-refractivity contribution in [3.05, 3.63) is 24.3 Å². The molecule has 0 saturated heterocycles. The maximum absolute atomic E-state index is 11.4. The molecule has 0 saturated carbocycles. The van der Waals surface area contributed by atoms with Crippen LogP contribution in [0.3, 0.4) is 0 Å². The van der Waals surface area contributed by atoms with Crippen LogP contribution < -0.4 is 9.88 Å². The molecule has 114 valence electrons. The first-order valence-electron chi connectivity index (χ1n) is 6.16. The Bertz CT molecular complexity index is 762. The number of nitrogens with two attached hydrogens (primary N) is 1. The van der Waals surface area contributed by atoms with Crippen molar-refractivity contribution in [1.29, 1.82) is 0 Å². The van der Waals surface area contributed by atoms with Crippen LogP contribution in [0.2, 0.25) is 0 Å². The van der Waals surface area contributed by atoms with Crippen molar-refractivity contribution in [2.24, 2.45) is 11.1 Å². The molecule has 1 aromatic heterocycles. The number of fused-ring (bicyclic) bond motifs is 1. The number of furan rings is 1. The minimum Gasteiger partial charge on any atom is -0.443 e. The van der Waals surface area contributed by atoms with Gasteiger partial charge in [0.05, 0.1) is 6.61 Å². The number of sulfonamides is 1. The number of hydrogen-bond donors (Lipinski definition) is 1. The Morgan fingerprint density at radius 2 is 2.05 bits per heavy atom. The van der Waals surface area contributed by atoms with Crippen LogP contribution in [0.5, 0.6) is 5.75 Å². The largest absolute Gasteiger partial charge is 0.513 e. The SMILES string of the molecule is CC(C)COC(=O)Oc1ccc2cc(S(N)(=O)=O)oc2c1. The van der Waals surface area contributed by atoms with Crippen LogP contribution in [0.4, 0.5) is 4.79 Å². The van der Waals surface area contributed by atoms with Crippen molar-refractivity contribution in [1.82, 2.24) is 0 Å². The lowest BCUT2D eigenvalue weighted by atomic mass is 10.2. The molecule has 0 atom stereocenters. The molecule has 7 nitrogen and oxygen atoms in total. The smallest absolute Gasteiger partial charge is 0.443 e. The Balaban J connectivity index is 2.17. The fraction of sp³-hybridized carbons (Fsp3) is 0.308. The summed E-state index contributed by atoms with van der Waals surface area (Å²) in [6.45, 7) is 4.05. The van der Waals surface area contributed by atoms with E-state index < -0.39 is 16.2 Å². The predicted molar refractivity (Wildman–Crippen MR) is 74.4 cm³/mol. The molecule has 0 aliphatic heterocycles. The number of hydrogen-bond acceptors (Lipinski definition) is 6. The van der Waals surface area contributed by atoms with Crippen LogP contribution in [0.25, 0.3) is 11.0 Å². The van der Waals surface area contributed by atoms with Gasteiger partial charge >= 0.3 is 6.16 Å². The molecule has 0 unspecified atom stereocenters. The lowest BCUT2D eigenvalue weighted by Gasteiger charge is -2.07. The summed E-state index contributed by atoms with van der Waals surface area (Å²) in [4.78, 5) is 11.4. The van der Waals surface area contributed by atoms with Crippen LogP contribution >= 0.6 is 0 Å². The van der Waals surface area contributed by atoms with E-state index in [1.807, 2.05) is 13.8 Å². The van der Waals surface area contributed by atoms with E-state index in [2.05, 4.69) is 0 Å². The third-order valence-electron chi connectivity index (χ3n) is 2.49. The Morgan fingerprint density at radius 1 is 1.33 bits per heavy atom. The number of rotatable bonds is 4. The summed E-state index contributed by atoms with van der Waals surface area (Å²) in [7, 11) is -3.92. The van der Waals surface area contributed by atoms with E-state index in [0.717, 1.165) is 0 Å². The summed E-state index contributed by atoms with van der Waals surface area (Å²) in [5, 5.41) is 5.16. The number of carbonyl (C=O) groups excluding carboxylic acids is 1. The number of carbonyl (C=O) groups is 1. The van der Waals surface area contributed by atoms with Crippen LogP contribution in [0.15, 0.2) is 33.8 Å². The Kier molecular flexibility index (Phi) is 4.19. The molecule has 2 rings (SSSR count). The molecule has 1 heterocycles. The van der Waals surface area contributed by atoms with Gasteiger partial charge in [-0.05, 0) is 18.1 Å². The zero-order valence-electron chi connectivity index (χ0n) is 11.5. The minimum absolute atomic E-state index is 0.187. The van der Waals surface area contributed by atoms with E-state index in [1.165, 1.54) is 18.2 Å². The van der Waals surface area contributed by atoms with E-state index in [9.17, 15) is 13.2 Å². The third kappa shape index (κ3) is 3.96. The van der Waals surface area contributed by atoms with E-state index in [-0.39, 0.29) is 28.9 Å². The predicted octanol–water partition coefficient (Wildman–Crippen LogP) is 2.25. The lowest BCUT2D eigenvalue weighted by molar-refractivity contribution is 0.0886. The highest BCUT2D eigenvalue weighted by atomic mass is 32.2. The standard InChI is InChI=1S/C13H15NO6S/c1-8(2)7-18-13(15)19-10-4-3-9-5-12(21(14,16)17)20-11(9)6-10/h3-6,8H,7H2,1-2H3,(H2,14,16,17). The normalized spacial score (nSPS) is 11.8. The van der Waals surface area contributed by atoms with Crippen molar-refractivity contribution in [2.45, 2.75) is 18.9 Å². The van der Waals surface area contributed by atoms with Gasteiger partial charge in [-0.1, -0.05) is 13.8 Å². The average molecular weight is 313 g/mol. The van der Waals surface area contributed by atoms with Gasteiger partial charge in [0.25, 0.3) is 10.0 Å². The van der Waals surface area contributed by atoms with Gasteiger partial charge < -0.3 is 13.9 Å². The van der Waals surface area contributed by atoms with Crippen molar-refractivity contribution in [3.8, 4) is 5.75 Å². The van der Waals surface area contributed by atoms with Crippen LogP contribution in [-0.4, -0.2) is 21.2 Å². The average Bonchev–Trinajstić information content (AvgIpc) is 2.79. The highest BCUT2D eigenvalue weighted by Crippen LogP contribution is 2.26. The first kappa shape index (κ1) is 15.3. The number of primary sulfonamides is 1. The summed E-state index contributed by atoms with van der Waals surface area (Å²) < 4.78 is 37.3. The topological polar surface area (TPSA) is 109 Å². The van der Waals surface area contributed by atoms with Gasteiger partial charge in [0.15, 0.2) is 0 Å². The maximum Gasteiger partial charge on any atom is 0.513 e. The van der Waals surface area contributed by atoms with E-state index >= 15 is 0 Å². The second-order valence-corrected chi connectivity index (χ2v) is 6.36. The van der Waals surface area contributed by atoms with Gasteiger partial charge in [0.1, 0.15) is 11.3 Å². The molecule has 0 aliphatic rings. The second-order valence-electron chi connectivity index (χ2n) is 4.87. The monoisotopic (exact) mass is 313 g/mol. The molecular formula is C13H15NO6S. The van der Waals surface area contributed by atoms with E-state index in [1.54, 1.807) is 6.07 Å². The maximum atomic E-state index is 11.4. The van der Waals surface area contributed by atoms with Gasteiger partial charge in [-0.25, -0.2) is 18.4 Å². The molecule has 0 bridgehead atoms. The van der Waals surface area contributed by atoms with E-state index in [0.29, 0.717) is 5.39 Å². The highest BCUT2D eigenvalue weighted by molar-refractivity contribution is 7.89. The summed E-state index contributed by atoms with van der Waals surface area (Å²) >= 11 is 0. The molecule has 2 aromatic rings. The molecule has 21 heavy (non-hydrogen) atoms. The fourth-order valence-corrected chi connectivity index (χ4v) is 2.05. The molecular weight excluding hydrogens is 298 g/mol. The first-order chi connectivity index (χ1) is 9.75. The fourth-order valence-electron chi connectivity index (χ4n) is 1.55. The summed E-state index contributed by atoms with van der Waals surface area (Å²) in [5.74, 6) is 0.383. The summed E-state index contributed by atoms with van der Waals surface area (Å²) in [6.07, 6.45) is -0.832. The van der Waals surface area contributed by atoms with Crippen molar-refractivity contribution < 1.29 is 27.1 Å². The van der Waals surface area contributed by atoms with Gasteiger partial charge in [0, 0.05) is 17.5 Å². The van der Waals surface area contributed by atoms with Crippen LogP contribution in [0, 0.1) is 5.92 Å². The zero-order chi connectivity index (χ0) is 15.6. The van der Waals surface area contributed by atoms with E-state index in [4.69, 9.17) is 19.0 Å². The number of benzene rings is 1. The van der Waals surface area contributed by atoms with Gasteiger partial charge in [0.2, 0.25) is 5.09 Å². The molecule has 0 fully saturated rings.